The van der Waals surface area contributed by atoms with Crippen LogP contribution in [-0.4, -0.2) is 26.3 Å². The van der Waals surface area contributed by atoms with Crippen LogP contribution in [0.3, 0.4) is 0 Å². The van der Waals surface area contributed by atoms with E-state index in [0.29, 0.717) is 17.8 Å². The molecule has 18 heavy (non-hydrogen) atoms. The number of nitrogens with one attached hydrogen (secondary N) is 1. The lowest BCUT2D eigenvalue weighted by atomic mass is 10.1. The summed E-state index contributed by atoms with van der Waals surface area (Å²) in [5.74, 6) is 0.416. The molecule has 0 radical (unpaired) electrons. The fourth-order valence-electron chi connectivity index (χ4n) is 2.04. The molecule has 0 saturated carbocycles. The molecule has 0 aromatic heterocycles. The van der Waals surface area contributed by atoms with Gasteiger partial charge in [-0.15, -0.1) is 0 Å². The van der Waals surface area contributed by atoms with E-state index in [9.17, 15) is 8.42 Å². The second-order valence-electron chi connectivity index (χ2n) is 4.64. The first-order valence-corrected chi connectivity index (χ1v) is 7.34. The maximum atomic E-state index is 11.9. The van der Waals surface area contributed by atoms with Crippen molar-refractivity contribution in [2.75, 3.05) is 0 Å². The first kappa shape index (κ1) is 13.0. The van der Waals surface area contributed by atoms with E-state index in [-0.39, 0.29) is 17.0 Å². The van der Waals surface area contributed by atoms with Crippen molar-refractivity contribution in [3.05, 3.63) is 29.8 Å². The van der Waals surface area contributed by atoms with Gasteiger partial charge in [-0.1, -0.05) is 12.1 Å². The van der Waals surface area contributed by atoms with Crippen LogP contribution < -0.4 is 10.5 Å². The highest BCUT2D eigenvalue weighted by Gasteiger charge is 2.30. The van der Waals surface area contributed by atoms with Gasteiger partial charge in [0.2, 0.25) is 0 Å². The molecule has 98 valence electrons. The molecule has 0 amide bonds. The summed E-state index contributed by atoms with van der Waals surface area (Å²) in [6.07, 6.45) is 0.716. The number of nitrogens with two attached hydrogens (primary N) is 1. The highest BCUT2D eigenvalue weighted by Crippen LogP contribution is 2.22. The predicted molar refractivity (Wildman–Crippen MR) is 71.0 cm³/mol. The quantitative estimate of drug-likeness (QED) is 0.851. The predicted octanol–water partition coefficient (Wildman–Crippen LogP) is 0.851. The summed E-state index contributed by atoms with van der Waals surface area (Å²) in [7, 11) is -3.44. The molecule has 0 fully saturated rings. The summed E-state index contributed by atoms with van der Waals surface area (Å²) in [4.78, 5) is 4.69. The van der Waals surface area contributed by atoms with Crippen LogP contribution >= 0.6 is 0 Å². The third-order valence-corrected chi connectivity index (χ3v) is 4.12. The summed E-state index contributed by atoms with van der Waals surface area (Å²) < 4.78 is 26.2. The lowest BCUT2D eigenvalue weighted by Crippen LogP contribution is -2.26. The summed E-state index contributed by atoms with van der Waals surface area (Å²) in [5, 5.41) is 0. The van der Waals surface area contributed by atoms with E-state index < -0.39 is 10.0 Å². The summed E-state index contributed by atoms with van der Waals surface area (Å²) in [6.45, 7) is 3.83. The first-order chi connectivity index (χ1) is 8.40. The maximum absolute atomic E-state index is 11.9. The van der Waals surface area contributed by atoms with Crippen molar-refractivity contribution < 1.29 is 8.42 Å². The average Bonchev–Trinajstić information content (AvgIpc) is 2.50. The third kappa shape index (κ3) is 2.54. The first-order valence-electron chi connectivity index (χ1n) is 5.86. The molecule has 0 saturated heterocycles. The Morgan fingerprint density at radius 3 is 2.67 bits per heavy atom. The molecule has 1 aliphatic heterocycles. The van der Waals surface area contributed by atoms with Gasteiger partial charge in [-0.2, -0.15) is 0 Å². The standard InChI is InChI=1S/C12H17N3O2S/c1-8(13)7-9(2)14-12-10-5-3-4-6-11(10)18(16,17)15-12/h3-6,8-9H,7,13H2,1-2H3,(H,14,15). The van der Waals surface area contributed by atoms with Crippen LogP contribution in [0.4, 0.5) is 0 Å². The molecule has 1 aromatic rings. The smallest absolute Gasteiger partial charge is 0.263 e. The zero-order valence-corrected chi connectivity index (χ0v) is 11.2. The number of amidine groups is 1. The van der Waals surface area contributed by atoms with Crippen LogP contribution in [0, 0.1) is 0 Å². The molecule has 2 atom stereocenters. The number of nitrogens with zero attached hydrogens (tertiary/aromatic N) is 1. The molecule has 5 nitrogen and oxygen atoms in total. The van der Waals surface area contributed by atoms with Crippen LogP contribution in [0.15, 0.2) is 34.2 Å². The summed E-state index contributed by atoms with van der Waals surface area (Å²) in [5.41, 5.74) is 6.34. The Bertz CT molecular complexity index is 579. The average molecular weight is 267 g/mol. The number of benzene rings is 1. The van der Waals surface area contributed by atoms with Crippen molar-refractivity contribution >= 4 is 15.9 Å². The molecule has 2 rings (SSSR count). The SMILES string of the molecule is CC(N)CC(C)N=C1NS(=O)(=O)c2ccccc21. The minimum Gasteiger partial charge on any atom is -0.328 e. The van der Waals surface area contributed by atoms with E-state index in [1.807, 2.05) is 13.8 Å². The van der Waals surface area contributed by atoms with E-state index in [1.165, 1.54) is 0 Å². The molecule has 3 N–H and O–H groups in total. The van der Waals surface area contributed by atoms with E-state index in [2.05, 4.69) is 9.71 Å². The summed E-state index contributed by atoms with van der Waals surface area (Å²) >= 11 is 0. The van der Waals surface area contributed by atoms with Crippen LogP contribution in [0.25, 0.3) is 0 Å². The minimum absolute atomic E-state index is 0.0196. The molecule has 1 heterocycles. The van der Waals surface area contributed by atoms with Crippen molar-refractivity contribution in [3.8, 4) is 0 Å². The molecule has 0 aliphatic carbocycles. The van der Waals surface area contributed by atoms with Gasteiger partial charge in [0, 0.05) is 11.6 Å². The highest BCUT2D eigenvalue weighted by molar-refractivity contribution is 7.90. The van der Waals surface area contributed by atoms with Gasteiger partial charge in [-0.3, -0.25) is 9.71 Å². The topological polar surface area (TPSA) is 84.5 Å². The number of hydrogen-bond acceptors (Lipinski definition) is 4. The second kappa shape index (κ2) is 4.70. The van der Waals surface area contributed by atoms with Crippen molar-refractivity contribution in [2.45, 2.75) is 37.2 Å². The van der Waals surface area contributed by atoms with Gasteiger partial charge < -0.3 is 5.73 Å². The summed E-state index contributed by atoms with van der Waals surface area (Å²) in [6, 6.07) is 6.85. The molecule has 6 heteroatoms. The van der Waals surface area contributed by atoms with Gasteiger partial charge in [0.25, 0.3) is 10.0 Å². The van der Waals surface area contributed by atoms with Gasteiger partial charge in [0.05, 0.1) is 10.9 Å². The van der Waals surface area contributed by atoms with Gasteiger partial charge >= 0.3 is 0 Å². The van der Waals surface area contributed by atoms with Gasteiger partial charge in [0.15, 0.2) is 0 Å². The molecule has 0 spiro atoms. The lowest BCUT2D eigenvalue weighted by molar-refractivity contribution is 0.580. The Labute approximate surface area is 107 Å². The second-order valence-corrected chi connectivity index (χ2v) is 6.29. The number of rotatable bonds is 3. The van der Waals surface area contributed by atoms with Crippen LogP contribution in [0.2, 0.25) is 0 Å². The minimum atomic E-state index is -3.44. The zero-order valence-electron chi connectivity index (χ0n) is 10.4. The highest BCUT2D eigenvalue weighted by atomic mass is 32.2. The zero-order chi connectivity index (χ0) is 13.3. The van der Waals surface area contributed by atoms with E-state index in [0.717, 1.165) is 0 Å². The van der Waals surface area contributed by atoms with E-state index in [1.54, 1.807) is 24.3 Å². The number of fused-ring (bicyclic) bond motifs is 1. The molecule has 0 bridgehead atoms. The van der Waals surface area contributed by atoms with Crippen molar-refractivity contribution in [2.24, 2.45) is 10.7 Å². The Hall–Kier alpha value is -1.40. The Morgan fingerprint density at radius 2 is 2.00 bits per heavy atom. The van der Waals surface area contributed by atoms with Crippen molar-refractivity contribution in [1.82, 2.24) is 4.72 Å². The van der Waals surface area contributed by atoms with E-state index in [4.69, 9.17) is 5.73 Å². The monoisotopic (exact) mass is 267 g/mol. The number of sulfonamides is 1. The number of aliphatic imine (C=N–C) groups is 1. The Balaban J connectivity index is 2.36. The maximum Gasteiger partial charge on any atom is 0.263 e. The molecular weight excluding hydrogens is 250 g/mol. The van der Waals surface area contributed by atoms with Crippen LogP contribution in [0.1, 0.15) is 25.8 Å². The van der Waals surface area contributed by atoms with Crippen molar-refractivity contribution in [1.29, 1.82) is 0 Å². The Kier molecular flexibility index (Phi) is 3.41. The normalized spacial score (nSPS) is 22.3. The van der Waals surface area contributed by atoms with Crippen LogP contribution in [-0.2, 0) is 10.0 Å². The molecule has 1 aromatic carbocycles. The fraction of sp³-hybridized carbons (Fsp3) is 0.417. The Morgan fingerprint density at radius 1 is 1.33 bits per heavy atom. The largest absolute Gasteiger partial charge is 0.328 e. The van der Waals surface area contributed by atoms with Gasteiger partial charge in [0.1, 0.15) is 5.84 Å². The number of hydrogen-bond donors (Lipinski definition) is 2. The van der Waals surface area contributed by atoms with Gasteiger partial charge in [-0.05, 0) is 32.4 Å². The fourth-order valence-corrected chi connectivity index (χ4v) is 3.28. The van der Waals surface area contributed by atoms with E-state index >= 15 is 0 Å². The van der Waals surface area contributed by atoms with Gasteiger partial charge in [-0.25, -0.2) is 8.42 Å². The molecule has 2 unspecified atom stereocenters. The molecular formula is C12H17N3O2S. The molecule has 1 aliphatic rings. The van der Waals surface area contributed by atoms with Crippen molar-refractivity contribution in [3.63, 3.8) is 0 Å². The lowest BCUT2D eigenvalue weighted by Gasteiger charge is -2.10. The third-order valence-electron chi connectivity index (χ3n) is 2.73. The van der Waals surface area contributed by atoms with Crippen LogP contribution in [0.5, 0.6) is 0 Å².